The molecule has 0 aliphatic heterocycles. The molecular formula is C24H32O4Si. The van der Waals surface area contributed by atoms with Gasteiger partial charge in [0.15, 0.2) is 0 Å². The van der Waals surface area contributed by atoms with Gasteiger partial charge in [-0.2, -0.15) is 0 Å². The van der Waals surface area contributed by atoms with E-state index in [0.29, 0.717) is 25.4 Å². The van der Waals surface area contributed by atoms with Crippen molar-refractivity contribution < 1.29 is 18.7 Å². The first-order chi connectivity index (χ1) is 13.8. The summed E-state index contributed by atoms with van der Waals surface area (Å²) in [6.45, 7) is 13.4. The minimum absolute atomic E-state index is 0.0628. The van der Waals surface area contributed by atoms with Crippen LogP contribution >= 0.6 is 0 Å². The molecule has 0 N–H and O–H groups in total. The molecule has 0 unspecified atom stereocenters. The summed E-state index contributed by atoms with van der Waals surface area (Å²) >= 11 is 0. The van der Waals surface area contributed by atoms with E-state index in [9.17, 15) is 4.79 Å². The Balaban J connectivity index is 2.09. The van der Waals surface area contributed by atoms with Gasteiger partial charge >= 0.3 is 5.97 Å². The number of rotatable bonds is 10. The van der Waals surface area contributed by atoms with Crippen molar-refractivity contribution >= 4 is 24.7 Å². The number of carbonyl (C=O) groups excluding carboxylic acids is 1. The second-order valence-electron chi connectivity index (χ2n) is 8.04. The Morgan fingerprint density at radius 1 is 0.862 bits per heavy atom. The predicted octanol–water partition coefficient (Wildman–Crippen LogP) is 3.70. The Hall–Kier alpha value is -2.21. The van der Waals surface area contributed by atoms with Crippen LogP contribution < -0.4 is 10.4 Å². The molecule has 0 spiro atoms. The van der Waals surface area contributed by atoms with Gasteiger partial charge < -0.3 is 13.9 Å². The van der Waals surface area contributed by atoms with E-state index in [1.165, 1.54) is 10.4 Å². The molecule has 0 aliphatic carbocycles. The lowest BCUT2D eigenvalue weighted by molar-refractivity contribution is -0.140. The summed E-state index contributed by atoms with van der Waals surface area (Å²) in [4.78, 5) is 11.4. The van der Waals surface area contributed by atoms with E-state index in [-0.39, 0.29) is 11.6 Å². The van der Waals surface area contributed by atoms with Crippen LogP contribution in [0.2, 0.25) is 5.04 Å². The largest absolute Gasteiger partial charge is 0.460 e. The van der Waals surface area contributed by atoms with Crippen LogP contribution in [0.25, 0.3) is 0 Å². The SMILES string of the molecule is C=C(C)C(=O)OCCOCCO[Si](c1ccccc1)(c1ccccc1)C(C)(C)C. The first-order valence-electron chi connectivity index (χ1n) is 9.94. The van der Waals surface area contributed by atoms with Gasteiger partial charge in [-0.1, -0.05) is 88.0 Å². The molecule has 0 atom stereocenters. The van der Waals surface area contributed by atoms with Crippen molar-refractivity contribution in [3.63, 3.8) is 0 Å². The van der Waals surface area contributed by atoms with Gasteiger partial charge in [-0.15, -0.1) is 0 Å². The molecule has 4 nitrogen and oxygen atoms in total. The predicted molar refractivity (Wildman–Crippen MR) is 120 cm³/mol. The number of hydrogen-bond donors (Lipinski definition) is 0. The minimum Gasteiger partial charge on any atom is -0.460 e. The molecular weight excluding hydrogens is 380 g/mol. The molecule has 0 bridgehead atoms. The lowest BCUT2D eigenvalue weighted by Gasteiger charge is -2.43. The Labute approximate surface area is 175 Å². The van der Waals surface area contributed by atoms with E-state index in [2.05, 4.69) is 75.9 Å². The molecule has 0 radical (unpaired) electrons. The molecule has 0 aromatic heterocycles. The highest BCUT2D eigenvalue weighted by Gasteiger charge is 2.49. The van der Waals surface area contributed by atoms with E-state index in [1.54, 1.807) is 6.92 Å². The smallest absolute Gasteiger partial charge is 0.333 e. The van der Waals surface area contributed by atoms with Crippen LogP contribution in [0, 0.1) is 0 Å². The van der Waals surface area contributed by atoms with Gasteiger partial charge in [-0.05, 0) is 22.3 Å². The van der Waals surface area contributed by atoms with Gasteiger partial charge in [0.2, 0.25) is 0 Å². The first kappa shape index (κ1) is 23.1. The third kappa shape index (κ3) is 5.89. The molecule has 2 aromatic carbocycles. The van der Waals surface area contributed by atoms with Crippen LogP contribution in [0.3, 0.4) is 0 Å². The van der Waals surface area contributed by atoms with Crippen molar-refractivity contribution in [2.75, 3.05) is 26.4 Å². The van der Waals surface area contributed by atoms with Crippen molar-refractivity contribution in [3.8, 4) is 0 Å². The maximum absolute atomic E-state index is 11.4. The number of ether oxygens (including phenoxy) is 2. The van der Waals surface area contributed by atoms with Crippen LogP contribution in [0.15, 0.2) is 72.8 Å². The topological polar surface area (TPSA) is 44.8 Å². The summed E-state index contributed by atoms with van der Waals surface area (Å²) in [5.41, 5.74) is 0.389. The van der Waals surface area contributed by atoms with Gasteiger partial charge in [0, 0.05) is 5.57 Å². The first-order valence-corrected chi connectivity index (χ1v) is 11.9. The fourth-order valence-corrected chi connectivity index (χ4v) is 7.98. The Bertz CT molecular complexity index is 742. The molecule has 29 heavy (non-hydrogen) atoms. The molecule has 5 heteroatoms. The number of carbonyl (C=O) groups is 1. The fraction of sp³-hybridized carbons (Fsp3) is 0.375. The van der Waals surface area contributed by atoms with Crippen molar-refractivity contribution in [1.29, 1.82) is 0 Å². The highest BCUT2D eigenvalue weighted by atomic mass is 28.4. The fourth-order valence-electron chi connectivity index (χ4n) is 3.43. The minimum atomic E-state index is -2.53. The van der Waals surface area contributed by atoms with Gasteiger partial charge in [-0.25, -0.2) is 4.79 Å². The summed E-state index contributed by atoms with van der Waals surface area (Å²) in [5.74, 6) is -0.392. The van der Waals surface area contributed by atoms with Crippen LogP contribution in [0.5, 0.6) is 0 Å². The third-order valence-corrected chi connectivity index (χ3v) is 9.81. The number of benzene rings is 2. The molecule has 0 fully saturated rings. The summed E-state index contributed by atoms with van der Waals surface area (Å²) in [6.07, 6.45) is 0. The molecule has 0 saturated carbocycles. The maximum atomic E-state index is 11.4. The average Bonchev–Trinajstić information content (AvgIpc) is 2.70. The molecule has 0 heterocycles. The second kappa shape index (κ2) is 10.5. The summed E-state index contributed by atoms with van der Waals surface area (Å²) < 4.78 is 17.4. The molecule has 0 amide bonds. The summed E-state index contributed by atoms with van der Waals surface area (Å²) in [5, 5.41) is 2.43. The lowest BCUT2D eigenvalue weighted by Crippen LogP contribution is -2.66. The average molecular weight is 413 g/mol. The highest BCUT2D eigenvalue weighted by molar-refractivity contribution is 6.99. The molecule has 0 aliphatic rings. The zero-order chi connectivity index (χ0) is 21.3. The van der Waals surface area contributed by atoms with Crippen LogP contribution in [0.4, 0.5) is 0 Å². The Morgan fingerprint density at radius 3 is 1.79 bits per heavy atom. The van der Waals surface area contributed by atoms with Gasteiger partial charge in [0.1, 0.15) is 6.61 Å². The van der Waals surface area contributed by atoms with Gasteiger partial charge in [0.25, 0.3) is 8.32 Å². The number of esters is 1. The van der Waals surface area contributed by atoms with E-state index in [4.69, 9.17) is 13.9 Å². The summed E-state index contributed by atoms with van der Waals surface area (Å²) in [6, 6.07) is 21.0. The van der Waals surface area contributed by atoms with Crippen LogP contribution in [0.1, 0.15) is 27.7 Å². The van der Waals surface area contributed by atoms with Crippen molar-refractivity contribution in [2.45, 2.75) is 32.7 Å². The van der Waals surface area contributed by atoms with E-state index >= 15 is 0 Å². The normalized spacial score (nSPS) is 11.9. The zero-order valence-corrected chi connectivity index (χ0v) is 18.9. The van der Waals surface area contributed by atoms with E-state index < -0.39 is 14.3 Å². The standard InChI is InChI=1S/C24H32O4Si/c1-20(2)23(25)27-18-16-26-17-19-28-29(24(3,4)5,21-12-8-6-9-13-21)22-14-10-7-11-15-22/h6-15H,1,16-19H2,2-5H3. The zero-order valence-electron chi connectivity index (χ0n) is 17.9. The van der Waals surface area contributed by atoms with Gasteiger partial charge in [0.05, 0.1) is 19.8 Å². The maximum Gasteiger partial charge on any atom is 0.333 e. The summed E-state index contributed by atoms with van der Waals surface area (Å²) in [7, 11) is -2.53. The monoisotopic (exact) mass is 412 g/mol. The Kier molecular flexibility index (Phi) is 8.38. The molecule has 156 valence electrons. The van der Waals surface area contributed by atoms with Crippen molar-refractivity contribution in [2.24, 2.45) is 0 Å². The van der Waals surface area contributed by atoms with Crippen molar-refractivity contribution in [1.82, 2.24) is 0 Å². The highest BCUT2D eigenvalue weighted by Crippen LogP contribution is 2.36. The lowest BCUT2D eigenvalue weighted by atomic mass is 10.2. The van der Waals surface area contributed by atoms with Crippen LogP contribution in [-0.4, -0.2) is 40.7 Å². The van der Waals surface area contributed by atoms with Crippen LogP contribution in [-0.2, 0) is 18.7 Å². The molecule has 0 saturated heterocycles. The third-order valence-electron chi connectivity index (χ3n) is 4.77. The van der Waals surface area contributed by atoms with E-state index in [1.807, 2.05) is 12.1 Å². The van der Waals surface area contributed by atoms with E-state index in [0.717, 1.165) is 0 Å². The quantitative estimate of drug-likeness (QED) is 0.258. The number of hydrogen-bond acceptors (Lipinski definition) is 4. The van der Waals surface area contributed by atoms with Gasteiger partial charge in [-0.3, -0.25) is 0 Å². The van der Waals surface area contributed by atoms with Crippen molar-refractivity contribution in [3.05, 3.63) is 72.8 Å². The molecule has 2 aromatic rings. The second-order valence-corrected chi connectivity index (χ2v) is 12.3. The Morgan fingerprint density at radius 2 is 1.34 bits per heavy atom. The molecule has 2 rings (SSSR count).